The zero-order chi connectivity index (χ0) is 37.7. The van der Waals surface area contributed by atoms with Gasteiger partial charge in [-0.3, -0.25) is 23.9 Å². The van der Waals surface area contributed by atoms with Crippen LogP contribution in [0.1, 0.15) is 73.9 Å². The molecule has 2 aliphatic rings. The van der Waals surface area contributed by atoms with Crippen molar-refractivity contribution in [3.63, 3.8) is 0 Å². The lowest BCUT2D eigenvalue weighted by atomic mass is 9.98. The highest BCUT2D eigenvalue weighted by Crippen LogP contribution is 2.65. The number of nitrogens with one attached hydrogen (secondary N) is 2. The molecule has 0 spiro atoms. The summed E-state index contributed by atoms with van der Waals surface area (Å²) in [5, 5.41) is 15.8. The number of nitrogens with zero attached hydrogens (tertiary/aromatic N) is 4. The van der Waals surface area contributed by atoms with Crippen LogP contribution in [0.4, 0.5) is 13.2 Å². The molecular weight excluding hydrogens is 689 g/mol. The quantitative estimate of drug-likeness (QED) is 0.229. The van der Waals surface area contributed by atoms with Gasteiger partial charge in [0.2, 0.25) is 11.8 Å². The van der Waals surface area contributed by atoms with Gasteiger partial charge >= 0.3 is 12.1 Å². The topological polar surface area (TPSA) is 129 Å². The van der Waals surface area contributed by atoms with Crippen LogP contribution in [0.2, 0.25) is 21.6 Å². The number of piperidine rings is 1. The van der Waals surface area contributed by atoms with Gasteiger partial charge in [0.05, 0.1) is 22.7 Å². The molecule has 0 bridgehead atoms. The number of aromatic nitrogens is 2. The second-order valence-corrected chi connectivity index (χ2v) is 20.9. The highest BCUT2D eigenvalue weighted by molar-refractivity contribution is 6.90. The van der Waals surface area contributed by atoms with Gasteiger partial charge in [-0.05, 0) is 40.8 Å². The van der Waals surface area contributed by atoms with Crippen LogP contribution in [0.25, 0.3) is 10.9 Å². The Morgan fingerprint density at radius 2 is 1.68 bits per heavy atom. The Labute approximate surface area is 297 Å². The smallest absolute Gasteiger partial charge is 0.379 e. The van der Waals surface area contributed by atoms with Gasteiger partial charge in [0, 0.05) is 49.2 Å². The second kappa shape index (κ2) is 14.2. The molecule has 2 fully saturated rings. The molecule has 4 rings (SSSR count). The fourth-order valence-electron chi connectivity index (χ4n) is 8.19. The molecule has 3 amide bonds. The molecule has 2 aromatic heterocycles. The third-order valence-corrected chi connectivity index (χ3v) is 17.7. The summed E-state index contributed by atoms with van der Waals surface area (Å²) in [6.07, 6.45) is -1.68. The van der Waals surface area contributed by atoms with E-state index in [1.165, 1.54) is 25.1 Å². The zero-order valence-corrected chi connectivity index (χ0v) is 31.8. The molecular formula is C35H46ClF3N6O4Si. The molecule has 2 aromatic rings. The fourth-order valence-corrected chi connectivity index (χ4v) is 13.6. The van der Waals surface area contributed by atoms with Gasteiger partial charge in [-0.1, -0.05) is 67.0 Å². The number of likely N-dealkylation sites (tertiary alicyclic amines) is 1. The molecule has 3 heterocycles. The molecule has 2 N–H and O–H groups in total. The Hall–Kier alpha value is -3.59. The standard InChI is InChI=1S/C35H46ClF3N6O4Si/c1-18(2)50(19(3)4,20(5)6)12-11-44-17-25(36)22-14-41-15-23(29(22)44)26(13-40)42-31(46)30-27-24(34(27,8)9)16-45(30)32(47)28(21(7)49-10)43-33(48)35(37,38)39/h14-15,17-21,24,26-28,30H,16H2,1-10H3,(H,42,46)(H,43,48)/t21-,24+,26?,27+,28+,30+/m1/s1. The number of methoxy groups -OCH3 is 1. The number of fused-ring (bicyclic) bond motifs is 2. The van der Waals surface area contributed by atoms with Gasteiger partial charge in [0.1, 0.15) is 26.2 Å². The number of hydrogen-bond acceptors (Lipinski definition) is 6. The molecule has 272 valence electrons. The second-order valence-electron chi connectivity index (χ2n) is 15.0. The summed E-state index contributed by atoms with van der Waals surface area (Å²) in [6, 6.07) is 1.40. The Morgan fingerprint density at radius 3 is 2.20 bits per heavy atom. The lowest BCUT2D eigenvalue weighted by Gasteiger charge is -2.37. The number of pyridine rings is 1. The van der Waals surface area contributed by atoms with Crippen molar-refractivity contribution in [1.82, 2.24) is 25.1 Å². The van der Waals surface area contributed by atoms with Crippen LogP contribution in [-0.4, -0.2) is 78.3 Å². The monoisotopic (exact) mass is 734 g/mol. The van der Waals surface area contributed by atoms with E-state index in [1.54, 1.807) is 22.3 Å². The predicted octanol–water partition coefficient (Wildman–Crippen LogP) is 5.96. The number of carbonyl (C=O) groups is 3. The van der Waals surface area contributed by atoms with Crippen LogP contribution < -0.4 is 10.6 Å². The summed E-state index contributed by atoms with van der Waals surface area (Å²) in [5.74, 6) is -4.30. The van der Waals surface area contributed by atoms with Gasteiger partial charge in [-0.2, -0.15) is 18.4 Å². The van der Waals surface area contributed by atoms with Crippen molar-refractivity contribution < 1.29 is 32.3 Å². The van der Waals surface area contributed by atoms with Gasteiger partial charge < -0.3 is 20.3 Å². The average molecular weight is 735 g/mol. The van der Waals surface area contributed by atoms with Crippen LogP contribution in [-0.2, 0) is 19.1 Å². The molecule has 1 aliphatic carbocycles. The maximum Gasteiger partial charge on any atom is 0.471 e. The van der Waals surface area contributed by atoms with E-state index in [2.05, 4.69) is 69.5 Å². The van der Waals surface area contributed by atoms with Gasteiger partial charge in [0.15, 0.2) is 0 Å². The van der Waals surface area contributed by atoms with E-state index in [9.17, 15) is 32.8 Å². The van der Waals surface area contributed by atoms with E-state index in [-0.39, 0.29) is 23.8 Å². The van der Waals surface area contributed by atoms with Gasteiger partial charge in [0.25, 0.3) is 0 Å². The van der Waals surface area contributed by atoms with Crippen molar-refractivity contribution in [1.29, 1.82) is 5.26 Å². The lowest BCUT2D eigenvalue weighted by Crippen LogP contribution is -2.60. The zero-order valence-electron chi connectivity index (χ0n) is 30.1. The molecule has 1 unspecified atom stereocenters. The summed E-state index contributed by atoms with van der Waals surface area (Å²) in [7, 11) is -0.969. The van der Waals surface area contributed by atoms with Crippen LogP contribution >= 0.6 is 11.6 Å². The highest BCUT2D eigenvalue weighted by atomic mass is 35.5. The molecule has 1 saturated carbocycles. The number of hydrogen-bond donors (Lipinski definition) is 2. The highest BCUT2D eigenvalue weighted by Gasteiger charge is 2.69. The molecule has 50 heavy (non-hydrogen) atoms. The Balaban J connectivity index is 1.73. The Bertz CT molecular complexity index is 1740. The molecule has 1 saturated heterocycles. The summed E-state index contributed by atoms with van der Waals surface area (Å²) in [4.78, 5) is 45.3. The molecule has 1 aliphatic heterocycles. The first-order chi connectivity index (χ1) is 23.2. The predicted molar refractivity (Wildman–Crippen MR) is 186 cm³/mol. The number of carbonyl (C=O) groups excluding carboxylic acids is 3. The van der Waals surface area contributed by atoms with E-state index in [4.69, 9.17) is 16.3 Å². The summed E-state index contributed by atoms with van der Waals surface area (Å²) in [5.41, 5.74) is 5.25. The maximum absolute atomic E-state index is 14.1. The fraction of sp³-hybridized carbons (Fsp3) is 0.629. The first-order valence-corrected chi connectivity index (χ1v) is 19.4. The number of nitriles is 1. The van der Waals surface area contributed by atoms with E-state index < -0.39 is 56.2 Å². The lowest BCUT2D eigenvalue weighted by molar-refractivity contribution is -0.176. The van der Waals surface area contributed by atoms with E-state index in [1.807, 2.05) is 13.8 Å². The van der Waals surface area contributed by atoms with Crippen molar-refractivity contribution in [2.45, 2.75) is 109 Å². The molecule has 15 heteroatoms. The third-order valence-electron chi connectivity index (χ3n) is 11.1. The number of alkyl halides is 3. The molecule has 0 radical (unpaired) electrons. The molecule has 0 aromatic carbocycles. The van der Waals surface area contributed by atoms with E-state index in [0.717, 1.165) is 0 Å². The third kappa shape index (κ3) is 6.86. The number of halogens is 4. The Kier molecular flexibility index (Phi) is 11.1. The van der Waals surface area contributed by atoms with Crippen molar-refractivity contribution >= 4 is 48.3 Å². The van der Waals surface area contributed by atoms with Crippen LogP contribution in [0.15, 0.2) is 18.6 Å². The SMILES string of the molecule is CO[C@H](C)[C@H](NC(=O)C(F)(F)F)C(=O)N1C[C@H]2[C@@H]([C@H]1C(=O)NC(C#N)c1cncc3c(Cl)cn(C#C[Si](C(C)C)(C(C)C)C(C)C)c13)C2(C)C. The van der Waals surface area contributed by atoms with Crippen molar-refractivity contribution in [3.05, 3.63) is 29.2 Å². The van der Waals surface area contributed by atoms with Crippen molar-refractivity contribution in [3.8, 4) is 17.7 Å². The van der Waals surface area contributed by atoms with Crippen molar-refractivity contribution in [2.24, 2.45) is 17.3 Å². The van der Waals surface area contributed by atoms with E-state index in [0.29, 0.717) is 38.1 Å². The minimum Gasteiger partial charge on any atom is -0.379 e. The minimum absolute atomic E-state index is 0.0823. The first kappa shape index (κ1) is 39.2. The normalized spacial score (nSPS) is 21.7. The summed E-state index contributed by atoms with van der Waals surface area (Å²) < 4.78 is 46.4. The van der Waals surface area contributed by atoms with Gasteiger partial charge in [-0.25, -0.2) is 0 Å². The molecule has 10 nitrogen and oxygen atoms in total. The number of amides is 3. The minimum atomic E-state index is -5.24. The number of ether oxygens (including phenoxy) is 1. The van der Waals surface area contributed by atoms with Gasteiger partial charge in [-0.15, -0.1) is 5.54 Å². The first-order valence-electron chi connectivity index (χ1n) is 16.7. The van der Waals surface area contributed by atoms with E-state index >= 15 is 0 Å². The molecule has 6 atom stereocenters. The summed E-state index contributed by atoms with van der Waals surface area (Å²) >= 11 is 6.64. The largest absolute Gasteiger partial charge is 0.471 e. The average Bonchev–Trinajstić information content (AvgIpc) is 3.31. The summed E-state index contributed by atoms with van der Waals surface area (Å²) in [6.45, 7) is 18.5. The maximum atomic E-state index is 14.1. The van der Waals surface area contributed by atoms with Crippen LogP contribution in [0, 0.1) is 40.2 Å². The van der Waals surface area contributed by atoms with Crippen LogP contribution in [0.3, 0.4) is 0 Å². The Morgan fingerprint density at radius 1 is 1.08 bits per heavy atom. The number of rotatable bonds is 10. The van der Waals surface area contributed by atoms with Crippen LogP contribution in [0.5, 0.6) is 0 Å². The van der Waals surface area contributed by atoms with Crippen molar-refractivity contribution in [2.75, 3.05) is 13.7 Å².